The van der Waals surface area contributed by atoms with Gasteiger partial charge in [0.15, 0.2) is 5.78 Å². The standard InChI is InChI=1S/C15H10Br2N2O2/c16-9-3-1-8(2-4-9)5-14(20)10-6-12-13(7-11(10)17)19-15(21)18-12/h1-4,6-7H,5H2,(H2,18,19,21). The monoisotopic (exact) mass is 408 g/mol. The molecule has 0 aliphatic rings. The second-order valence-electron chi connectivity index (χ2n) is 4.68. The normalized spacial score (nSPS) is 11.0. The van der Waals surface area contributed by atoms with Gasteiger partial charge in [0.1, 0.15) is 0 Å². The molecular formula is C15H10Br2N2O2. The van der Waals surface area contributed by atoms with Gasteiger partial charge in [0.05, 0.1) is 11.0 Å². The lowest BCUT2D eigenvalue weighted by Gasteiger charge is -2.05. The van der Waals surface area contributed by atoms with Crippen molar-refractivity contribution < 1.29 is 4.79 Å². The van der Waals surface area contributed by atoms with Crippen molar-refractivity contribution in [3.63, 3.8) is 0 Å². The number of aromatic nitrogens is 2. The molecule has 106 valence electrons. The van der Waals surface area contributed by atoms with Crippen molar-refractivity contribution in [2.75, 3.05) is 0 Å². The van der Waals surface area contributed by atoms with E-state index in [1.54, 1.807) is 12.1 Å². The van der Waals surface area contributed by atoms with E-state index in [4.69, 9.17) is 0 Å². The molecule has 21 heavy (non-hydrogen) atoms. The number of hydrogen-bond donors (Lipinski definition) is 2. The number of benzene rings is 2. The molecule has 0 spiro atoms. The lowest BCUT2D eigenvalue weighted by Crippen LogP contribution is -2.04. The van der Waals surface area contributed by atoms with Crippen LogP contribution >= 0.6 is 31.9 Å². The van der Waals surface area contributed by atoms with E-state index in [0.29, 0.717) is 27.5 Å². The van der Waals surface area contributed by atoms with E-state index < -0.39 is 0 Å². The van der Waals surface area contributed by atoms with Crippen molar-refractivity contribution in [1.29, 1.82) is 0 Å². The maximum Gasteiger partial charge on any atom is 0.323 e. The Balaban J connectivity index is 1.95. The summed E-state index contributed by atoms with van der Waals surface area (Å²) in [6.07, 6.45) is 0.312. The van der Waals surface area contributed by atoms with Crippen LogP contribution in [0.25, 0.3) is 11.0 Å². The van der Waals surface area contributed by atoms with Gasteiger partial charge in [-0.3, -0.25) is 4.79 Å². The highest BCUT2D eigenvalue weighted by atomic mass is 79.9. The first-order valence-electron chi connectivity index (χ1n) is 6.22. The largest absolute Gasteiger partial charge is 0.323 e. The number of imidazole rings is 1. The molecule has 0 bridgehead atoms. The third-order valence-electron chi connectivity index (χ3n) is 3.18. The number of halogens is 2. The first kappa shape index (κ1) is 14.3. The molecule has 3 aromatic rings. The van der Waals surface area contributed by atoms with Crippen molar-refractivity contribution in [3.8, 4) is 0 Å². The Morgan fingerprint density at radius 2 is 1.62 bits per heavy atom. The Labute approximate surface area is 136 Å². The summed E-state index contributed by atoms with van der Waals surface area (Å²) in [5.41, 5.74) is 2.52. The molecular weight excluding hydrogens is 400 g/mol. The highest BCUT2D eigenvalue weighted by Gasteiger charge is 2.13. The van der Waals surface area contributed by atoms with E-state index in [-0.39, 0.29) is 11.5 Å². The SMILES string of the molecule is O=C(Cc1ccc(Br)cc1)c1cc2[nH]c(=O)[nH]c2cc1Br. The molecule has 0 unspecified atom stereocenters. The predicted octanol–water partition coefficient (Wildman–Crippen LogP) is 3.81. The summed E-state index contributed by atoms with van der Waals surface area (Å²) in [5, 5.41) is 0. The van der Waals surface area contributed by atoms with E-state index in [2.05, 4.69) is 41.8 Å². The van der Waals surface area contributed by atoms with Crippen LogP contribution < -0.4 is 5.69 Å². The number of carbonyl (C=O) groups is 1. The molecule has 4 nitrogen and oxygen atoms in total. The smallest absolute Gasteiger partial charge is 0.306 e. The zero-order valence-electron chi connectivity index (χ0n) is 10.7. The zero-order valence-corrected chi connectivity index (χ0v) is 13.9. The molecule has 3 rings (SSSR count). The average molecular weight is 410 g/mol. The summed E-state index contributed by atoms with van der Waals surface area (Å²) in [5.74, 6) is -0.00635. The van der Waals surface area contributed by atoms with Crippen LogP contribution in [-0.2, 0) is 6.42 Å². The van der Waals surface area contributed by atoms with Gasteiger partial charge in [-0.25, -0.2) is 4.79 Å². The Morgan fingerprint density at radius 1 is 1.00 bits per heavy atom. The maximum atomic E-state index is 12.4. The molecule has 6 heteroatoms. The quantitative estimate of drug-likeness (QED) is 0.646. The number of hydrogen-bond acceptors (Lipinski definition) is 2. The minimum absolute atomic E-state index is 0.00635. The van der Waals surface area contributed by atoms with Crippen molar-refractivity contribution in [2.45, 2.75) is 6.42 Å². The molecule has 2 N–H and O–H groups in total. The van der Waals surface area contributed by atoms with Gasteiger partial charge in [-0.05, 0) is 45.8 Å². The molecule has 0 saturated carbocycles. The molecule has 0 aliphatic heterocycles. The van der Waals surface area contributed by atoms with Crippen LogP contribution in [0, 0.1) is 0 Å². The summed E-state index contributed by atoms with van der Waals surface area (Å²) in [4.78, 5) is 29.0. The fraction of sp³-hybridized carbons (Fsp3) is 0.0667. The maximum absolute atomic E-state index is 12.4. The van der Waals surface area contributed by atoms with E-state index in [0.717, 1.165) is 10.0 Å². The molecule has 0 aliphatic carbocycles. The first-order valence-corrected chi connectivity index (χ1v) is 7.81. The summed E-state index contributed by atoms with van der Waals surface area (Å²) in [6, 6.07) is 11.1. The number of Topliss-reactive ketones (excluding diaryl/α,β-unsaturated/α-hetero) is 1. The van der Waals surface area contributed by atoms with Crippen LogP contribution in [0.1, 0.15) is 15.9 Å². The number of carbonyl (C=O) groups excluding carboxylic acids is 1. The van der Waals surface area contributed by atoms with Crippen LogP contribution in [0.4, 0.5) is 0 Å². The van der Waals surface area contributed by atoms with Gasteiger partial charge in [-0.2, -0.15) is 0 Å². The molecule has 0 saturated heterocycles. The Kier molecular flexibility index (Phi) is 3.82. The number of aromatic amines is 2. The highest BCUT2D eigenvalue weighted by molar-refractivity contribution is 9.10. The lowest BCUT2D eigenvalue weighted by molar-refractivity contribution is 0.0992. The van der Waals surface area contributed by atoms with Crippen molar-refractivity contribution >= 4 is 48.7 Å². The minimum atomic E-state index is -0.283. The van der Waals surface area contributed by atoms with Gasteiger partial charge >= 0.3 is 5.69 Å². The third-order valence-corrected chi connectivity index (χ3v) is 4.37. The van der Waals surface area contributed by atoms with Crippen molar-refractivity contribution in [1.82, 2.24) is 9.97 Å². The third kappa shape index (κ3) is 3.01. The Bertz CT molecular complexity index is 879. The summed E-state index contributed by atoms with van der Waals surface area (Å²) in [7, 11) is 0. The fourth-order valence-corrected chi connectivity index (χ4v) is 2.98. The van der Waals surface area contributed by atoms with Gasteiger partial charge in [0.25, 0.3) is 0 Å². The van der Waals surface area contributed by atoms with Gasteiger partial charge in [0, 0.05) is 20.9 Å². The topological polar surface area (TPSA) is 65.7 Å². The van der Waals surface area contributed by atoms with Crippen LogP contribution in [0.5, 0.6) is 0 Å². The summed E-state index contributed by atoms with van der Waals surface area (Å²) >= 11 is 6.76. The molecule has 1 aromatic heterocycles. The lowest BCUT2D eigenvalue weighted by atomic mass is 10.0. The van der Waals surface area contributed by atoms with E-state index in [9.17, 15) is 9.59 Å². The van der Waals surface area contributed by atoms with E-state index in [1.807, 2.05) is 24.3 Å². The van der Waals surface area contributed by atoms with Crippen molar-refractivity contribution in [3.05, 3.63) is 67.0 Å². The van der Waals surface area contributed by atoms with Crippen molar-refractivity contribution in [2.24, 2.45) is 0 Å². The molecule has 1 heterocycles. The van der Waals surface area contributed by atoms with Gasteiger partial charge in [-0.15, -0.1) is 0 Å². The van der Waals surface area contributed by atoms with Crippen LogP contribution in [0.2, 0.25) is 0 Å². The summed E-state index contributed by atoms with van der Waals surface area (Å²) in [6.45, 7) is 0. The molecule has 0 atom stereocenters. The number of rotatable bonds is 3. The average Bonchev–Trinajstić information content (AvgIpc) is 2.79. The molecule has 0 amide bonds. The van der Waals surface area contributed by atoms with E-state index >= 15 is 0 Å². The summed E-state index contributed by atoms with van der Waals surface area (Å²) < 4.78 is 1.65. The fourth-order valence-electron chi connectivity index (χ4n) is 2.15. The van der Waals surface area contributed by atoms with Crippen LogP contribution in [0.3, 0.4) is 0 Å². The molecule has 0 radical (unpaired) electrons. The number of H-pyrrole nitrogens is 2. The Morgan fingerprint density at radius 3 is 2.29 bits per heavy atom. The number of nitrogens with one attached hydrogen (secondary N) is 2. The second-order valence-corrected chi connectivity index (χ2v) is 6.45. The van der Waals surface area contributed by atoms with Gasteiger partial charge in [-0.1, -0.05) is 28.1 Å². The van der Waals surface area contributed by atoms with E-state index in [1.165, 1.54) is 0 Å². The number of fused-ring (bicyclic) bond motifs is 1. The first-order chi connectivity index (χ1) is 10.0. The highest BCUT2D eigenvalue weighted by Crippen LogP contribution is 2.23. The second kappa shape index (κ2) is 5.61. The predicted molar refractivity (Wildman–Crippen MR) is 88.8 cm³/mol. The van der Waals surface area contributed by atoms with Crippen LogP contribution in [-0.4, -0.2) is 15.8 Å². The van der Waals surface area contributed by atoms with Crippen LogP contribution in [0.15, 0.2) is 50.1 Å². The molecule has 2 aromatic carbocycles. The minimum Gasteiger partial charge on any atom is -0.306 e. The zero-order chi connectivity index (χ0) is 15.0. The number of ketones is 1. The van der Waals surface area contributed by atoms with Gasteiger partial charge in [0.2, 0.25) is 0 Å². The Hall–Kier alpha value is -1.66. The molecule has 0 fully saturated rings. The van der Waals surface area contributed by atoms with Gasteiger partial charge < -0.3 is 9.97 Å².